The second kappa shape index (κ2) is 4.94. The van der Waals surface area contributed by atoms with Gasteiger partial charge >= 0.3 is 0 Å². The zero-order chi connectivity index (χ0) is 12.4. The van der Waals surface area contributed by atoms with Gasteiger partial charge in [-0.05, 0) is 44.6 Å². The van der Waals surface area contributed by atoms with Gasteiger partial charge in [-0.3, -0.25) is 0 Å². The lowest BCUT2D eigenvalue weighted by molar-refractivity contribution is 0.386. The molecule has 0 aromatic heterocycles. The van der Waals surface area contributed by atoms with Gasteiger partial charge in [-0.15, -0.1) is 0 Å². The highest BCUT2D eigenvalue weighted by Gasteiger charge is 2.21. The van der Waals surface area contributed by atoms with Crippen molar-refractivity contribution in [3.63, 3.8) is 0 Å². The molecule has 1 aromatic rings. The molecule has 0 bridgehead atoms. The van der Waals surface area contributed by atoms with Crippen molar-refractivity contribution in [1.82, 2.24) is 10.2 Å². The van der Waals surface area contributed by atoms with E-state index in [0.29, 0.717) is 6.04 Å². The summed E-state index contributed by atoms with van der Waals surface area (Å²) >= 11 is 0. The molecule has 1 heterocycles. The molecule has 2 unspecified atom stereocenters. The van der Waals surface area contributed by atoms with E-state index in [-0.39, 0.29) is 17.5 Å². The van der Waals surface area contributed by atoms with E-state index < -0.39 is 0 Å². The van der Waals surface area contributed by atoms with Gasteiger partial charge in [-0.2, -0.15) is 0 Å². The highest BCUT2D eigenvalue weighted by atomic mass is 16.3. The van der Waals surface area contributed by atoms with Crippen LogP contribution in [0, 0.1) is 0 Å². The molecule has 0 aliphatic carbocycles. The summed E-state index contributed by atoms with van der Waals surface area (Å²) in [5, 5.41) is 22.4. The van der Waals surface area contributed by atoms with Gasteiger partial charge in [-0.25, -0.2) is 0 Å². The SMILES string of the molecule is CC(NC1CCN(C)C1)c1cc(O)cc(O)c1. The van der Waals surface area contributed by atoms with Gasteiger partial charge in [0.1, 0.15) is 11.5 Å². The van der Waals surface area contributed by atoms with Gasteiger partial charge in [0.05, 0.1) is 0 Å². The lowest BCUT2D eigenvalue weighted by atomic mass is 10.1. The van der Waals surface area contributed by atoms with E-state index in [1.54, 1.807) is 12.1 Å². The van der Waals surface area contributed by atoms with Crippen LogP contribution in [0.2, 0.25) is 0 Å². The minimum Gasteiger partial charge on any atom is -0.508 e. The van der Waals surface area contributed by atoms with E-state index >= 15 is 0 Å². The van der Waals surface area contributed by atoms with Crippen LogP contribution in [0.15, 0.2) is 18.2 Å². The van der Waals surface area contributed by atoms with Gasteiger partial charge < -0.3 is 20.4 Å². The van der Waals surface area contributed by atoms with E-state index in [1.165, 1.54) is 6.07 Å². The molecule has 94 valence electrons. The number of aromatic hydroxyl groups is 2. The Balaban J connectivity index is 2.01. The van der Waals surface area contributed by atoms with E-state index in [1.807, 2.05) is 6.92 Å². The van der Waals surface area contributed by atoms with Crippen LogP contribution in [0.5, 0.6) is 11.5 Å². The fourth-order valence-electron chi connectivity index (χ4n) is 2.39. The fraction of sp³-hybridized carbons (Fsp3) is 0.538. The summed E-state index contributed by atoms with van der Waals surface area (Å²) in [5.41, 5.74) is 0.914. The van der Waals surface area contributed by atoms with Crippen molar-refractivity contribution < 1.29 is 10.2 Å². The molecule has 2 rings (SSSR count). The average molecular weight is 236 g/mol. The third-order valence-corrected chi connectivity index (χ3v) is 3.30. The normalized spacial score (nSPS) is 22.8. The molecule has 0 spiro atoms. The van der Waals surface area contributed by atoms with Crippen molar-refractivity contribution in [1.29, 1.82) is 0 Å². The van der Waals surface area contributed by atoms with Crippen LogP contribution in [0.3, 0.4) is 0 Å². The van der Waals surface area contributed by atoms with Crippen LogP contribution in [0.25, 0.3) is 0 Å². The number of likely N-dealkylation sites (N-methyl/N-ethyl adjacent to an activating group) is 1. The maximum absolute atomic E-state index is 9.45. The Hall–Kier alpha value is -1.26. The first-order valence-electron chi connectivity index (χ1n) is 6.02. The molecule has 0 saturated carbocycles. The zero-order valence-electron chi connectivity index (χ0n) is 10.3. The van der Waals surface area contributed by atoms with Crippen molar-refractivity contribution in [2.75, 3.05) is 20.1 Å². The molecule has 4 nitrogen and oxygen atoms in total. The number of rotatable bonds is 3. The van der Waals surface area contributed by atoms with Gasteiger partial charge in [-0.1, -0.05) is 0 Å². The standard InChI is InChI=1S/C13H20N2O2/c1-9(14-11-3-4-15(2)8-11)10-5-12(16)7-13(17)6-10/h5-7,9,11,14,16-17H,3-4,8H2,1-2H3. The summed E-state index contributed by atoms with van der Waals surface area (Å²) in [7, 11) is 2.12. The Bertz CT molecular complexity index is 375. The maximum atomic E-state index is 9.45. The maximum Gasteiger partial charge on any atom is 0.119 e. The fourth-order valence-corrected chi connectivity index (χ4v) is 2.39. The number of phenolic OH excluding ortho intramolecular Hbond substituents is 2. The van der Waals surface area contributed by atoms with Crippen LogP contribution >= 0.6 is 0 Å². The number of hydrogen-bond acceptors (Lipinski definition) is 4. The molecule has 0 radical (unpaired) electrons. The third-order valence-electron chi connectivity index (χ3n) is 3.30. The molecule has 1 fully saturated rings. The molecule has 1 aromatic carbocycles. The van der Waals surface area contributed by atoms with E-state index in [4.69, 9.17) is 0 Å². The Morgan fingerprint density at radius 3 is 2.47 bits per heavy atom. The van der Waals surface area contributed by atoms with E-state index in [2.05, 4.69) is 17.3 Å². The van der Waals surface area contributed by atoms with Crippen molar-refractivity contribution in [3.8, 4) is 11.5 Å². The summed E-state index contributed by atoms with van der Waals surface area (Å²) in [6.07, 6.45) is 1.14. The predicted molar refractivity (Wildman–Crippen MR) is 67.2 cm³/mol. The largest absolute Gasteiger partial charge is 0.508 e. The Morgan fingerprint density at radius 1 is 1.29 bits per heavy atom. The average Bonchev–Trinajstić information content (AvgIpc) is 2.62. The highest BCUT2D eigenvalue weighted by molar-refractivity contribution is 5.37. The van der Waals surface area contributed by atoms with E-state index in [0.717, 1.165) is 25.1 Å². The molecule has 1 saturated heterocycles. The molecular formula is C13H20N2O2. The number of nitrogens with one attached hydrogen (secondary N) is 1. The second-order valence-corrected chi connectivity index (χ2v) is 4.92. The van der Waals surface area contributed by atoms with Crippen LogP contribution in [0.1, 0.15) is 24.9 Å². The quantitative estimate of drug-likeness (QED) is 0.743. The number of nitrogens with zero attached hydrogens (tertiary/aromatic N) is 1. The molecule has 4 heteroatoms. The molecule has 17 heavy (non-hydrogen) atoms. The predicted octanol–water partition coefficient (Wildman–Crippen LogP) is 1.45. The first kappa shape index (κ1) is 12.2. The number of benzene rings is 1. The minimum absolute atomic E-state index is 0.109. The molecule has 2 atom stereocenters. The Morgan fingerprint density at radius 2 is 1.94 bits per heavy atom. The Labute approximate surface area is 102 Å². The molecule has 1 aliphatic heterocycles. The monoisotopic (exact) mass is 236 g/mol. The van der Waals surface area contributed by atoms with Crippen molar-refractivity contribution in [3.05, 3.63) is 23.8 Å². The van der Waals surface area contributed by atoms with Gasteiger partial charge in [0.15, 0.2) is 0 Å². The second-order valence-electron chi connectivity index (χ2n) is 4.92. The number of hydrogen-bond donors (Lipinski definition) is 3. The van der Waals surface area contributed by atoms with Gasteiger partial charge in [0, 0.05) is 24.7 Å². The van der Waals surface area contributed by atoms with Crippen molar-refractivity contribution >= 4 is 0 Å². The first-order valence-corrected chi connectivity index (χ1v) is 6.02. The molecule has 0 amide bonds. The van der Waals surface area contributed by atoms with Crippen LogP contribution < -0.4 is 5.32 Å². The molecule has 3 N–H and O–H groups in total. The number of likely N-dealkylation sites (tertiary alicyclic amines) is 1. The van der Waals surface area contributed by atoms with Crippen LogP contribution in [0.4, 0.5) is 0 Å². The minimum atomic E-state index is 0.109. The zero-order valence-corrected chi connectivity index (χ0v) is 10.3. The molecular weight excluding hydrogens is 216 g/mol. The Kier molecular flexibility index (Phi) is 3.54. The first-order chi connectivity index (χ1) is 8.04. The van der Waals surface area contributed by atoms with Gasteiger partial charge in [0.25, 0.3) is 0 Å². The number of phenols is 2. The lowest BCUT2D eigenvalue weighted by Gasteiger charge is -2.20. The van der Waals surface area contributed by atoms with Crippen LogP contribution in [-0.2, 0) is 0 Å². The summed E-state index contributed by atoms with van der Waals surface area (Å²) in [6, 6.07) is 5.34. The van der Waals surface area contributed by atoms with E-state index in [9.17, 15) is 10.2 Å². The summed E-state index contributed by atoms with van der Waals surface area (Å²) in [6.45, 7) is 4.22. The summed E-state index contributed by atoms with van der Waals surface area (Å²) in [5.74, 6) is 0.217. The van der Waals surface area contributed by atoms with Crippen molar-refractivity contribution in [2.24, 2.45) is 0 Å². The van der Waals surface area contributed by atoms with Gasteiger partial charge in [0.2, 0.25) is 0 Å². The summed E-state index contributed by atoms with van der Waals surface area (Å²) < 4.78 is 0. The smallest absolute Gasteiger partial charge is 0.119 e. The van der Waals surface area contributed by atoms with Crippen molar-refractivity contribution in [2.45, 2.75) is 25.4 Å². The summed E-state index contributed by atoms with van der Waals surface area (Å²) in [4.78, 5) is 2.30. The topological polar surface area (TPSA) is 55.7 Å². The third kappa shape index (κ3) is 3.11. The molecule has 1 aliphatic rings. The lowest BCUT2D eigenvalue weighted by Crippen LogP contribution is -2.33. The highest BCUT2D eigenvalue weighted by Crippen LogP contribution is 2.25. The van der Waals surface area contributed by atoms with Crippen LogP contribution in [-0.4, -0.2) is 41.3 Å².